The van der Waals surface area contributed by atoms with E-state index >= 15 is 0 Å². The molecule has 3 heteroatoms. The molecule has 0 radical (unpaired) electrons. The van der Waals surface area contributed by atoms with Gasteiger partial charge in [0.2, 0.25) is 0 Å². The van der Waals surface area contributed by atoms with Crippen molar-refractivity contribution in [2.45, 2.75) is 71.1 Å². The van der Waals surface area contributed by atoms with E-state index in [1.54, 1.807) is 0 Å². The molecule has 0 rings (SSSR count). The van der Waals surface area contributed by atoms with Crippen molar-refractivity contribution < 1.29 is 21.6 Å². The lowest BCUT2D eigenvalue weighted by Crippen LogP contribution is -3.00. The van der Waals surface area contributed by atoms with Gasteiger partial charge in [-0.25, -0.2) is 0 Å². The van der Waals surface area contributed by atoms with E-state index in [4.69, 9.17) is 4.74 Å². The second-order valence-electron chi connectivity index (χ2n) is 6.51. The lowest BCUT2D eigenvalue weighted by Gasteiger charge is -2.23. The molecule has 118 valence electrons. The van der Waals surface area contributed by atoms with Gasteiger partial charge in [-0.15, -0.1) is 0 Å². The Hall–Kier alpha value is 0.210. The van der Waals surface area contributed by atoms with Crippen LogP contribution in [0.3, 0.4) is 0 Å². The summed E-state index contributed by atoms with van der Waals surface area (Å²) in [5.74, 6) is 0. The van der Waals surface area contributed by atoms with Crippen LogP contribution in [0.25, 0.3) is 0 Å². The van der Waals surface area contributed by atoms with Gasteiger partial charge in [0, 0.05) is 0 Å². The van der Waals surface area contributed by atoms with Crippen LogP contribution < -0.4 is 12.4 Å². The minimum Gasteiger partial charge on any atom is -1.00 e. The van der Waals surface area contributed by atoms with Crippen LogP contribution in [0.1, 0.15) is 71.1 Å². The van der Waals surface area contributed by atoms with Crippen LogP contribution in [0.5, 0.6) is 0 Å². The Morgan fingerprint density at radius 3 is 1.53 bits per heavy atom. The first-order valence-electron chi connectivity index (χ1n) is 7.94. The molecule has 0 bridgehead atoms. The summed E-state index contributed by atoms with van der Waals surface area (Å²) < 4.78 is 6.54. The van der Waals surface area contributed by atoms with Crippen LogP contribution in [0, 0.1) is 0 Å². The number of nitrogens with zero attached hydrogens (tertiary/aromatic N) is 1. The fraction of sp³-hybridized carbons (Fsp3) is 1.00. The maximum absolute atomic E-state index is 5.64. The monoisotopic (exact) mass is 293 g/mol. The molecule has 0 amide bonds. The molecule has 0 aliphatic carbocycles. The Balaban J connectivity index is 0. The lowest BCUT2D eigenvalue weighted by molar-refractivity contribution is -0.890. The van der Waals surface area contributed by atoms with Crippen LogP contribution >= 0.6 is 0 Å². The van der Waals surface area contributed by atoms with Gasteiger partial charge in [0.25, 0.3) is 0 Å². The molecule has 0 unspecified atom stereocenters. The van der Waals surface area contributed by atoms with E-state index in [0.29, 0.717) is 0 Å². The minimum absolute atomic E-state index is 0. The topological polar surface area (TPSA) is 9.23 Å². The van der Waals surface area contributed by atoms with Crippen molar-refractivity contribution in [2.75, 3.05) is 34.5 Å². The largest absolute Gasteiger partial charge is 1.00 e. The number of hydrogen-bond acceptors (Lipinski definition) is 1. The van der Waals surface area contributed by atoms with E-state index < -0.39 is 0 Å². The summed E-state index contributed by atoms with van der Waals surface area (Å²) in [7, 11) is 6.50. The number of halogens is 1. The summed E-state index contributed by atoms with van der Waals surface area (Å²) in [6.07, 6.45) is 13.9. The van der Waals surface area contributed by atoms with Gasteiger partial charge in [-0.1, -0.05) is 64.7 Å². The zero-order valence-corrected chi connectivity index (χ0v) is 14.5. The highest BCUT2D eigenvalue weighted by Crippen LogP contribution is 2.10. The summed E-state index contributed by atoms with van der Waals surface area (Å²) in [4.78, 5) is 0. The third kappa shape index (κ3) is 20.7. The SMILES string of the molecule is CCCCCCCCCCCCOC[N+](C)(C)C.[Cl-]. The summed E-state index contributed by atoms with van der Waals surface area (Å²) in [5, 5.41) is 0. The van der Waals surface area contributed by atoms with Gasteiger partial charge in [-0.2, -0.15) is 0 Å². The summed E-state index contributed by atoms with van der Waals surface area (Å²) in [5.41, 5.74) is 0. The highest BCUT2D eigenvalue weighted by molar-refractivity contribution is 4.47. The van der Waals surface area contributed by atoms with Gasteiger partial charge >= 0.3 is 0 Å². The lowest BCUT2D eigenvalue weighted by atomic mass is 10.1. The molecular weight excluding hydrogens is 258 g/mol. The normalized spacial score (nSPS) is 11.4. The number of quaternary nitrogens is 1. The van der Waals surface area contributed by atoms with Crippen molar-refractivity contribution in [1.82, 2.24) is 0 Å². The average Bonchev–Trinajstić information content (AvgIpc) is 2.29. The van der Waals surface area contributed by atoms with Crippen molar-refractivity contribution in [2.24, 2.45) is 0 Å². The van der Waals surface area contributed by atoms with Crippen LogP contribution in [0.15, 0.2) is 0 Å². The predicted octanol–water partition coefficient (Wildman–Crippen LogP) is 1.59. The van der Waals surface area contributed by atoms with Crippen molar-refractivity contribution in [3.8, 4) is 0 Å². The first kappa shape index (κ1) is 21.5. The molecule has 0 atom stereocenters. The zero-order chi connectivity index (χ0) is 13.7. The van der Waals surface area contributed by atoms with Gasteiger partial charge < -0.3 is 21.6 Å². The fourth-order valence-corrected chi connectivity index (χ4v) is 2.03. The standard InChI is InChI=1S/C16H36NO.ClH/c1-5-6-7-8-9-10-11-12-13-14-15-18-16-17(2,3)4;/h5-16H2,1-4H3;1H/q+1;/p-1. The second-order valence-corrected chi connectivity index (χ2v) is 6.51. The maximum atomic E-state index is 5.64. The molecule has 0 N–H and O–H groups in total. The highest BCUT2D eigenvalue weighted by atomic mass is 35.5. The Bertz CT molecular complexity index is 169. The van der Waals surface area contributed by atoms with Gasteiger partial charge in [-0.3, -0.25) is 0 Å². The number of unbranched alkanes of at least 4 members (excludes halogenated alkanes) is 9. The van der Waals surface area contributed by atoms with E-state index in [0.717, 1.165) is 17.8 Å². The first-order chi connectivity index (χ1) is 8.56. The third-order valence-corrected chi connectivity index (χ3v) is 3.12. The van der Waals surface area contributed by atoms with Gasteiger partial charge in [-0.05, 0) is 6.42 Å². The Kier molecular flexibility index (Phi) is 16.5. The summed E-state index contributed by atoms with van der Waals surface area (Å²) in [6, 6.07) is 0. The van der Waals surface area contributed by atoms with Crippen LogP contribution in [0.4, 0.5) is 0 Å². The van der Waals surface area contributed by atoms with Crippen LogP contribution in [0.2, 0.25) is 0 Å². The van der Waals surface area contributed by atoms with Crippen molar-refractivity contribution >= 4 is 0 Å². The third-order valence-electron chi connectivity index (χ3n) is 3.12. The molecule has 19 heavy (non-hydrogen) atoms. The summed E-state index contributed by atoms with van der Waals surface area (Å²) >= 11 is 0. The maximum Gasteiger partial charge on any atom is 0.182 e. The van der Waals surface area contributed by atoms with Gasteiger partial charge in [0.1, 0.15) is 0 Å². The van der Waals surface area contributed by atoms with Crippen LogP contribution in [-0.2, 0) is 4.74 Å². The minimum atomic E-state index is 0. The van der Waals surface area contributed by atoms with Crippen molar-refractivity contribution in [3.05, 3.63) is 0 Å². The fourth-order valence-electron chi connectivity index (χ4n) is 2.03. The van der Waals surface area contributed by atoms with Crippen LogP contribution in [-0.4, -0.2) is 39.0 Å². The average molecular weight is 294 g/mol. The number of ether oxygens (including phenoxy) is 1. The smallest absolute Gasteiger partial charge is 0.182 e. The molecule has 0 saturated carbocycles. The molecule has 0 spiro atoms. The predicted molar refractivity (Wildman–Crippen MR) is 80.7 cm³/mol. The molecule has 0 aromatic heterocycles. The molecule has 0 heterocycles. The number of hydrogen-bond donors (Lipinski definition) is 0. The van der Waals surface area contributed by atoms with Crippen molar-refractivity contribution in [3.63, 3.8) is 0 Å². The van der Waals surface area contributed by atoms with E-state index in [-0.39, 0.29) is 12.4 Å². The van der Waals surface area contributed by atoms with Gasteiger partial charge in [0.05, 0.1) is 27.7 Å². The van der Waals surface area contributed by atoms with E-state index in [1.165, 1.54) is 64.2 Å². The molecule has 0 aliphatic rings. The Morgan fingerprint density at radius 1 is 0.684 bits per heavy atom. The first-order valence-corrected chi connectivity index (χ1v) is 7.94. The van der Waals surface area contributed by atoms with E-state index in [2.05, 4.69) is 28.1 Å². The molecule has 0 aliphatic heterocycles. The molecule has 0 saturated heterocycles. The van der Waals surface area contributed by atoms with E-state index in [9.17, 15) is 0 Å². The number of rotatable bonds is 13. The van der Waals surface area contributed by atoms with E-state index in [1.807, 2.05) is 0 Å². The molecular formula is C16H36ClNO. The Morgan fingerprint density at radius 2 is 1.11 bits per heavy atom. The van der Waals surface area contributed by atoms with Gasteiger partial charge in [0.15, 0.2) is 6.73 Å². The molecule has 0 aromatic rings. The van der Waals surface area contributed by atoms with Crippen molar-refractivity contribution in [1.29, 1.82) is 0 Å². The summed E-state index contributed by atoms with van der Waals surface area (Å²) in [6.45, 7) is 4.05. The second kappa shape index (κ2) is 14.6. The molecule has 0 aromatic carbocycles. The molecule has 2 nitrogen and oxygen atoms in total. The Labute approximate surface area is 127 Å². The molecule has 0 fully saturated rings. The highest BCUT2D eigenvalue weighted by Gasteiger charge is 2.05. The quantitative estimate of drug-likeness (QED) is 0.285. The zero-order valence-electron chi connectivity index (χ0n) is 13.7.